The van der Waals surface area contributed by atoms with Crippen LogP contribution in [0.1, 0.15) is 40.0 Å². The van der Waals surface area contributed by atoms with Crippen molar-refractivity contribution in [3.63, 3.8) is 0 Å². The van der Waals surface area contributed by atoms with E-state index in [-0.39, 0.29) is 0 Å². The Hall–Kier alpha value is -1.02. The molecular weight excluding hydrogens is 222 g/mol. The maximum atomic E-state index is 5.63. The molecule has 0 saturated carbocycles. The topological polar surface area (TPSA) is 21.3 Å². The zero-order chi connectivity index (χ0) is 13.3. The third kappa shape index (κ3) is 8.13. The second-order valence-corrected chi connectivity index (χ2v) is 5.93. The van der Waals surface area contributed by atoms with E-state index in [0.29, 0.717) is 5.41 Å². The quantitative estimate of drug-likeness (QED) is 0.706. The van der Waals surface area contributed by atoms with E-state index in [1.54, 1.807) is 0 Å². The van der Waals surface area contributed by atoms with Gasteiger partial charge in [-0.1, -0.05) is 39.0 Å². The summed E-state index contributed by atoms with van der Waals surface area (Å²) in [6, 6.07) is 10.00. The lowest BCUT2D eigenvalue weighted by Gasteiger charge is -2.17. The molecule has 0 bridgehead atoms. The van der Waals surface area contributed by atoms with Crippen LogP contribution in [0.2, 0.25) is 0 Å². The van der Waals surface area contributed by atoms with Crippen molar-refractivity contribution in [1.29, 1.82) is 0 Å². The molecule has 0 saturated heterocycles. The summed E-state index contributed by atoms with van der Waals surface area (Å²) in [5.41, 5.74) is 0.456. The summed E-state index contributed by atoms with van der Waals surface area (Å²) >= 11 is 0. The van der Waals surface area contributed by atoms with Gasteiger partial charge < -0.3 is 10.1 Å². The van der Waals surface area contributed by atoms with Crippen molar-refractivity contribution in [2.24, 2.45) is 5.41 Å². The van der Waals surface area contributed by atoms with Crippen LogP contribution in [0.25, 0.3) is 0 Å². The number of ether oxygens (including phenoxy) is 1. The van der Waals surface area contributed by atoms with Crippen molar-refractivity contribution in [2.75, 3.05) is 19.7 Å². The van der Waals surface area contributed by atoms with Gasteiger partial charge in [-0.2, -0.15) is 0 Å². The molecule has 0 heterocycles. The molecule has 0 aliphatic rings. The van der Waals surface area contributed by atoms with Crippen molar-refractivity contribution in [3.8, 4) is 5.75 Å². The summed E-state index contributed by atoms with van der Waals surface area (Å²) in [5, 5.41) is 3.46. The minimum Gasteiger partial charge on any atom is -0.494 e. The lowest BCUT2D eigenvalue weighted by atomic mass is 9.91. The minimum absolute atomic E-state index is 0.456. The molecule has 1 aromatic rings. The van der Waals surface area contributed by atoms with Gasteiger partial charge in [-0.15, -0.1) is 0 Å². The summed E-state index contributed by atoms with van der Waals surface area (Å²) < 4.78 is 5.63. The number of nitrogens with one attached hydrogen (secondary N) is 1. The van der Waals surface area contributed by atoms with E-state index in [9.17, 15) is 0 Å². The molecule has 0 aromatic heterocycles. The Morgan fingerprint density at radius 2 is 1.67 bits per heavy atom. The molecule has 0 unspecified atom stereocenters. The lowest BCUT2D eigenvalue weighted by molar-refractivity contribution is 0.306. The molecule has 0 fully saturated rings. The summed E-state index contributed by atoms with van der Waals surface area (Å²) in [7, 11) is 0. The van der Waals surface area contributed by atoms with Crippen LogP contribution < -0.4 is 10.1 Å². The Labute approximate surface area is 112 Å². The van der Waals surface area contributed by atoms with Gasteiger partial charge in [0.05, 0.1) is 6.61 Å². The zero-order valence-electron chi connectivity index (χ0n) is 12.0. The standard InChI is InChI=1S/C16H27NO/c1-16(2,3)11-7-12-17-13-8-14-18-15-9-5-4-6-10-15/h4-6,9-10,17H,7-8,11-14H2,1-3H3. The van der Waals surface area contributed by atoms with Crippen LogP contribution in [0, 0.1) is 5.41 Å². The highest BCUT2D eigenvalue weighted by Crippen LogP contribution is 2.19. The number of rotatable bonds is 8. The smallest absolute Gasteiger partial charge is 0.119 e. The molecule has 0 amide bonds. The van der Waals surface area contributed by atoms with Gasteiger partial charge in [0.1, 0.15) is 5.75 Å². The second-order valence-electron chi connectivity index (χ2n) is 5.93. The summed E-state index contributed by atoms with van der Waals surface area (Å²) in [5.74, 6) is 0.963. The average molecular weight is 249 g/mol. The maximum Gasteiger partial charge on any atom is 0.119 e. The van der Waals surface area contributed by atoms with Gasteiger partial charge >= 0.3 is 0 Å². The van der Waals surface area contributed by atoms with Gasteiger partial charge in [0.25, 0.3) is 0 Å². The summed E-state index contributed by atoms with van der Waals surface area (Å²) in [6.07, 6.45) is 3.59. The SMILES string of the molecule is CC(C)(C)CCCNCCCOc1ccccc1. The van der Waals surface area contributed by atoms with Gasteiger partial charge in [0.15, 0.2) is 0 Å². The predicted octanol–water partition coefficient (Wildman–Crippen LogP) is 3.87. The number of para-hydroxylation sites is 1. The van der Waals surface area contributed by atoms with E-state index < -0.39 is 0 Å². The van der Waals surface area contributed by atoms with Crippen molar-refractivity contribution in [1.82, 2.24) is 5.32 Å². The second kappa shape index (κ2) is 8.15. The van der Waals surface area contributed by atoms with Gasteiger partial charge in [-0.25, -0.2) is 0 Å². The van der Waals surface area contributed by atoms with E-state index in [4.69, 9.17) is 4.74 Å². The molecule has 0 radical (unpaired) electrons. The fourth-order valence-electron chi connectivity index (χ4n) is 1.77. The first-order valence-electron chi connectivity index (χ1n) is 6.96. The molecule has 2 heteroatoms. The summed E-state index contributed by atoms with van der Waals surface area (Å²) in [6.45, 7) is 9.82. The predicted molar refractivity (Wildman–Crippen MR) is 78.1 cm³/mol. The fraction of sp³-hybridized carbons (Fsp3) is 0.625. The van der Waals surface area contributed by atoms with Gasteiger partial charge in [0, 0.05) is 0 Å². The molecule has 1 rings (SSSR count). The molecule has 1 N–H and O–H groups in total. The number of hydrogen-bond donors (Lipinski definition) is 1. The van der Waals surface area contributed by atoms with E-state index in [1.807, 2.05) is 30.3 Å². The van der Waals surface area contributed by atoms with Crippen molar-refractivity contribution in [2.45, 2.75) is 40.0 Å². The number of hydrogen-bond acceptors (Lipinski definition) is 2. The fourth-order valence-corrected chi connectivity index (χ4v) is 1.77. The van der Waals surface area contributed by atoms with Crippen LogP contribution in [0.3, 0.4) is 0 Å². The molecule has 0 aliphatic heterocycles. The Morgan fingerprint density at radius 3 is 2.33 bits per heavy atom. The molecule has 2 nitrogen and oxygen atoms in total. The van der Waals surface area contributed by atoms with Crippen LogP contribution in [0.5, 0.6) is 5.75 Å². The van der Waals surface area contributed by atoms with Crippen molar-refractivity contribution in [3.05, 3.63) is 30.3 Å². The van der Waals surface area contributed by atoms with Crippen molar-refractivity contribution < 1.29 is 4.74 Å². The van der Waals surface area contributed by atoms with E-state index >= 15 is 0 Å². The summed E-state index contributed by atoms with van der Waals surface area (Å²) in [4.78, 5) is 0. The normalized spacial score (nSPS) is 11.5. The Morgan fingerprint density at radius 1 is 1.00 bits per heavy atom. The first kappa shape index (κ1) is 15.0. The number of benzene rings is 1. The minimum atomic E-state index is 0.456. The van der Waals surface area contributed by atoms with Crippen LogP contribution in [-0.4, -0.2) is 19.7 Å². The first-order valence-corrected chi connectivity index (χ1v) is 6.96. The van der Waals surface area contributed by atoms with E-state index in [2.05, 4.69) is 26.1 Å². The van der Waals surface area contributed by atoms with Crippen molar-refractivity contribution >= 4 is 0 Å². The Balaban J connectivity index is 1.90. The third-order valence-corrected chi connectivity index (χ3v) is 2.79. The molecule has 102 valence electrons. The van der Waals surface area contributed by atoms with Gasteiger partial charge in [0.2, 0.25) is 0 Å². The zero-order valence-corrected chi connectivity index (χ0v) is 12.0. The van der Waals surface area contributed by atoms with Crippen LogP contribution >= 0.6 is 0 Å². The molecule has 18 heavy (non-hydrogen) atoms. The monoisotopic (exact) mass is 249 g/mol. The third-order valence-electron chi connectivity index (χ3n) is 2.79. The maximum absolute atomic E-state index is 5.63. The molecule has 1 aromatic carbocycles. The van der Waals surface area contributed by atoms with Crippen LogP contribution in [0.15, 0.2) is 30.3 Å². The Bertz CT molecular complexity index is 303. The molecule has 0 spiro atoms. The first-order chi connectivity index (χ1) is 8.58. The van der Waals surface area contributed by atoms with Gasteiger partial charge in [-0.3, -0.25) is 0 Å². The van der Waals surface area contributed by atoms with Crippen LogP contribution in [0.4, 0.5) is 0 Å². The average Bonchev–Trinajstić information content (AvgIpc) is 2.32. The van der Waals surface area contributed by atoms with Gasteiger partial charge in [-0.05, 0) is 49.9 Å². The largest absolute Gasteiger partial charge is 0.494 e. The van der Waals surface area contributed by atoms with E-state index in [1.165, 1.54) is 12.8 Å². The molecule has 0 aliphatic carbocycles. The Kier molecular flexibility index (Phi) is 6.81. The molecule has 0 atom stereocenters. The van der Waals surface area contributed by atoms with Crippen LogP contribution in [-0.2, 0) is 0 Å². The highest BCUT2D eigenvalue weighted by atomic mass is 16.5. The highest BCUT2D eigenvalue weighted by Gasteiger charge is 2.08. The lowest BCUT2D eigenvalue weighted by Crippen LogP contribution is -2.20. The van der Waals surface area contributed by atoms with E-state index in [0.717, 1.165) is 31.9 Å². The molecular formula is C16H27NO. The highest BCUT2D eigenvalue weighted by molar-refractivity contribution is 5.20.